The lowest BCUT2D eigenvalue weighted by Gasteiger charge is -2.34. The van der Waals surface area contributed by atoms with E-state index in [0.717, 1.165) is 70.9 Å². The number of pyridine rings is 9. The standard InChI is InChI=1S/C31H30F3N7O.C27H26N6O.C26H23ClN6O/c1-3-40-11-13-41(14-12-40)19-23-8-9-25(16-27(23)31(32,33)34)39-30(42)24-15-21(20(2)37-18-24)6-7-22-17-38-29(35)28-26(22)5-4-10-36-28;1-17-12-23(10-9-21(17)16-33(3)4)32-27(34)22-13-19(18(2)30-15-22)7-8-20-14-31-26(28)25-24(20)6-5-11-29-25;1-16-17(6-7-18-13-31-25(28)24-22(18)5-4-10-29-24)11-20(14-30-16)26(34)32-21-9-8-19(15-33(2)3)23(27)12-21/h4-5,8-10,15-18H,3,11-14,19H2,1-2H3,(H2,35,38)(H,39,42);5-6,9-15H,16H2,1-4H3,(H2,28,31)(H,32,34);4-5,8-14H,15H2,1-3H3,(H2,28,31)(H,32,34). The summed E-state index contributed by atoms with van der Waals surface area (Å²) >= 11 is 6.37. The molecular formula is C84H79ClF3N19O3. The molecule has 3 aromatic carbocycles. The zero-order valence-corrected chi connectivity index (χ0v) is 62.8. The Morgan fingerprint density at radius 2 is 0.809 bits per heavy atom. The minimum atomic E-state index is -4.56. The number of rotatable bonds is 13. The van der Waals surface area contributed by atoms with Crippen molar-refractivity contribution in [1.29, 1.82) is 0 Å². The van der Waals surface area contributed by atoms with Crippen molar-refractivity contribution in [3.05, 3.63) is 265 Å². The van der Waals surface area contributed by atoms with Crippen LogP contribution in [0.1, 0.15) is 116 Å². The summed E-state index contributed by atoms with van der Waals surface area (Å²) in [4.78, 5) is 85.6. The maximum Gasteiger partial charge on any atom is 0.416 e. The fourth-order valence-electron chi connectivity index (χ4n) is 11.9. The third-order valence-corrected chi connectivity index (χ3v) is 18.3. The minimum Gasteiger partial charge on any atom is -0.382 e. The minimum absolute atomic E-state index is 0.0482. The summed E-state index contributed by atoms with van der Waals surface area (Å²) in [5.41, 5.74) is 30.5. The number of likely N-dealkylation sites (N-methyl/N-ethyl adjacent to an activating group) is 1. The quantitative estimate of drug-likeness (QED) is 0.0585. The number of amides is 3. The third-order valence-electron chi connectivity index (χ3n) is 17.9. The second-order valence-electron chi connectivity index (χ2n) is 26.6. The monoisotopic (exact) mass is 1490 g/mol. The summed E-state index contributed by atoms with van der Waals surface area (Å²) in [5.74, 6) is 18.4. The lowest BCUT2D eigenvalue weighted by Crippen LogP contribution is -2.45. The Hall–Kier alpha value is -12.8. The molecule has 556 valence electrons. The molecule has 26 heteroatoms. The van der Waals surface area contributed by atoms with E-state index in [4.69, 9.17) is 28.8 Å². The molecule has 13 rings (SSSR count). The van der Waals surface area contributed by atoms with E-state index < -0.39 is 17.6 Å². The first-order valence-electron chi connectivity index (χ1n) is 35.0. The van der Waals surface area contributed by atoms with Crippen LogP contribution < -0.4 is 33.2 Å². The molecule has 0 atom stereocenters. The number of fused-ring (bicyclic) bond motifs is 3. The van der Waals surface area contributed by atoms with E-state index in [1.807, 2.05) is 119 Å². The van der Waals surface area contributed by atoms with Gasteiger partial charge in [-0.2, -0.15) is 13.2 Å². The molecule has 12 aromatic rings. The van der Waals surface area contributed by atoms with Crippen LogP contribution in [0.25, 0.3) is 32.7 Å². The first-order valence-corrected chi connectivity index (χ1v) is 35.3. The molecule has 10 heterocycles. The molecule has 9 aromatic heterocycles. The second-order valence-corrected chi connectivity index (χ2v) is 27.0. The number of alkyl halides is 3. The maximum atomic E-state index is 14.0. The summed E-state index contributed by atoms with van der Waals surface area (Å²) in [6, 6.07) is 31.4. The molecule has 0 unspecified atom stereocenters. The first-order chi connectivity index (χ1) is 52.7. The molecule has 0 radical (unpaired) electrons. The number of anilines is 6. The number of piperazine rings is 1. The number of nitrogen functional groups attached to an aromatic ring is 3. The van der Waals surface area contributed by atoms with Gasteiger partial charge in [-0.15, -0.1) is 0 Å². The van der Waals surface area contributed by atoms with Crippen molar-refractivity contribution in [3.63, 3.8) is 0 Å². The smallest absolute Gasteiger partial charge is 0.382 e. The number of hydrogen-bond acceptors (Lipinski definition) is 19. The van der Waals surface area contributed by atoms with E-state index in [1.165, 1.54) is 30.1 Å². The lowest BCUT2D eigenvalue weighted by molar-refractivity contribution is -0.138. The summed E-state index contributed by atoms with van der Waals surface area (Å²) in [6.45, 7) is 15.3. The van der Waals surface area contributed by atoms with Gasteiger partial charge in [0.25, 0.3) is 17.7 Å². The van der Waals surface area contributed by atoms with Crippen molar-refractivity contribution < 1.29 is 27.6 Å². The number of carbonyl (C=O) groups excluding carboxylic acids is 3. The second kappa shape index (κ2) is 35.3. The molecule has 0 spiro atoms. The highest BCUT2D eigenvalue weighted by Crippen LogP contribution is 2.35. The number of halogens is 4. The molecule has 1 aliphatic heterocycles. The number of nitrogens with zero attached hydrogens (tertiary/aromatic N) is 13. The van der Waals surface area contributed by atoms with Gasteiger partial charge in [-0.3, -0.25) is 49.2 Å². The van der Waals surface area contributed by atoms with Gasteiger partial charge in [-0.25, -0.2) is 15.0 Å². The van der Waals surface area contributed by atoms with E-state index in [9.17, 15) is 27.6 Å². The zero-order valence-electron chi connectivity index (χ0n) is 62.0. The van der Waals surface area contributed by atoms with Crippen LogP contribution in [0.15, 0.2) is 165 Å². The summed E-state index contributed by atoms with van der Waals surface area (Å²) in [5, 5.41) is 11.4. The van der Waals surface area contributed by atoms with Crippen molar-refractivity contribution in [3.8, 4) is 35.5 Å². The van der Waals surface area contributed by atoms with Gasteiger partial charge in [0.05, 0.1) is 56.0 Å². The van der Waals surface area contributed by atoms with Crippen LogP contribution in [-0.4, -0.2) is 143 Å². The van der Waals surface area contributed by atoms with Crippen molar-refractivity contribution in [1.82, 2.24) is 64.5 Å². The van der Waals surface area contributed by atoms with Crippen LogP contribution in [-0.2, 0) is 25.8 Å². The number of benzene rings is 3. The number of nitrogens with one attached hydrogen (secondary N) is 3. The molecule has 22 nitrogen and oxygen atoms in total. The predicted molar refractivity (Wildman–Crippen MR) is 427 cm³/mol. The van der Waals surface area contributed by atoms with Crippen LogP contribution in [0, 0.1) is 63.2 Å². The van der Waals surface area contributed by atoms with Gasteiger partial charge in [0.15, 0.2) is 0 Å². The van der Waals surface area contributed by atoms with E-state index in [-0.39, 0.29) is 35.2 Å². The highest BCUT2D eigenvalue weighted by molar-refractivity contribution is 6.31. The Morgan fingerprint density at radius 3 is 1.18 bits per heavy atom. The molecular weight excluding hydrogens is 1420 g/mol. The Bertz CT molecular complexity index is 5470. The van der Waals surface area contributed by atoms with Crippen molar-refractivity contribution in [2.24, 2.45) is 0 Å². The van der Waals surface area contributed by atoms with E-state index in [2.05, 4.69) is 113 Å². The van der Waals surface area contributed by atoms with Gasteiger partial charge in [-0.1, -0.05) is 72.2 Å². The number of aromatic nitrogens is 9. The van der Waals surface area contributed by atoms with Gasteiger partial charge >= 0.3 is 6.18 Å². The molecule has 3 amide bonds. The van der Waals surface area contributed by atoms with Crippen molar-refractivity contribution in [2.75, 3.05) is 94.1 Å². The Kier molecular flexibility index (Phi) is 25.1. The predicted octanol–water partition coefficient (Wildman–Crippen LogP) is 12.9. The van der Waals surface area contributed by atoms with Crippen LogP contribution in [0.2, 0.25) is 5.02 Å². The van der Waals surface area contributed by atoms with E-state index in [1.54, 1.807) is 80.6 Å². The third kappa shape index (κ3) is 19.9. The molecule has 9 N–H and O–H groups in total. The Balaban J connectivity index is 0.000000165. The van der Waals surface area contributed by atoms with Crippen LogP contribution in [0.4, 0.5) is 47.7 Å². The topological polar surface area (TPSA) is 294 Å². The van der Waals surface area contributed by atoms with Crippen LogP contribution in [0.3, 0.4) is 0 Å². The molecule has 1 fully saturated rings. The van der Waals surface area contributed by atoms with Gasteiger partial charge in [0.1, 0.15) is 34.0 Å². The molecule has 0 aliphatic carbocycles. The summed E-state index contributed by atoms with van der Waals surface area (Å²) in [6.07, 6.45) is 9.66. The van der Waals surface area contributed by atoms with Gasteiger partial charge < -0.3 is 47.9 Å². The highest BCUT2D eigenvalue weighted by Gasteiger charge is 2.35. The van der Waals surface area contributed by atoms with Gasteiger partial charge in [0, 0.05) is 157 Å². The molecule has 1 aliphatic rings. The number of hydrogen-bond donors (Lipinski definition) is 6. The SMILES string of the molecule is CCN1CCN(Cc2ccc(NC(=O)c3cnc(C)c(C#Cc4cnc(N)c5ncccc45)c3)cc2C(F)(F)F)CC1.Cc1cc(NC(=O)c2cnc(C)c(C#Cc3cnc(N)c4ncccc34)c2)ccc1CN(C)C.Cc1ncc(C(=O)Nc2ccc(CN(C)C)c(Cl)c2)cc1C#Cc1cnc(N)c2ncccc12. The summed E-state index contributed by atoms with van der Waals surface area (Å²) in [7, 11) is 8.01. The number of nitrogens with two attached hydrogens (primary N) is 3. The van der Waals surface area contributed by atoms with E-state index >= 15 is 0 Å². The molecule has 110 heavy (non-hydrogen) atoms. The molecule has 0 bridgehead atoms. The van der Waals surface area contributed by atoms with Crippen molar-refractivity contribution in [2.45, 2.75) is 60.4 Å². The average Bonchev–Trinajstić information content (AvgIpc) is 0.817. The van der Waals surface area contributed by atoms with Gasteiger partial charge in [0.2, 0.25) is 0 Å². The number of carbonyl (C=O) groups is 3. The highest BCUT2D eigenvalue weighted by atomic mass is 35.5. The van der Waals surface area contributed by atoms with Crippen LogP contribution in [0.5, 0.6) is 0 Å². The maximum absolute atomic E-state index is 14.0. The lowest BCUT2D eigenvalue weighted by atomic mass is 10.0. The average molecular weight is 1500 g/mol. The molecule has 1 saturated heterocycles. The molecule has 0 saturated carbocycles. The fraction of sp³-hybridized carbons (Fsp3) is 0.214. The normalized spacial score (nSPS) is 12.1. The number of aryl methyl sites for hydroxylation is 4. The van der Waals surface area contributed by atoms with E-state index in [0.29, 0.717) is 120 Å². The van der Waals surface area contributed by atoms with Crippen molar-refractivity contribution >= 4 is 96.5 Å². The Labute approximate surface area is 640 Å². The Morgan fingerprint density at radius 1 is 0.455 bits per heavy atom. The first kappa shape index (κ1) is 78.3. The zero-order chi connectivity index (χ0) is 78.3. The fourth-order valence-corrected chi connectivity index (χ4v) is 12.1. The van der Waals surface area contributed by atoms with Crippen LogP contribution >= 0.6 is 11.6 Å². The largest absolute Gasteiger partial charge is 0.416 e. The van der Waals surface area contributed by atoms with Gasteiger partial charge in [-0.05, 0) is 176 Å². The summed E-state index contributed by atoms with van der Waals surface area (Å²) < 4.78 is 42.1.